The molecular formula is C16H13NOS2. The van der Waals surface area contributed by atoms with Gasteiger partial charge in [-0.2, -0.15) is 0 Å². The molecule has 0 amide bonds. The van der Waals surface area contributed by atoms with Crippen LogP contribution in [0.2, 0.25) is 0 Å². The van der Waals surface area contributed by atoms with E-state index in [1.807, 2.05) is 18.2 Å². The Balaban J connectivity index is 1.83. The van der Waals surface area contributed by atoms with E-state index in [4.69, 9.17) is 12.2 Å². The average molecular weight is 299 g/mol. The van der Waals surface area contributed by atoms with Gasteiger partial charge in [0.25, 0.3) is 0 Å². The van der Waals surface area contributed by atoms with E-state index in [-0.39, 0.29) is 5.88 Å². The summed E-state index contributed by atoms with van der Waals surface area (Å²) >= 11 is 6.44. The molecule has 20 heavy (non-hydrogen) atoms. The topological polar surface area (TPSA) is 36.0 Å². The first kappa shape index (κ1) is 13.1. The van der Waals surface area contributed by atoms with Crippen LogP contribution in [-0.4, -0.2) is 10.1 Å². The number of H-pyrrole nitrogens is 1. The minimum atomic E-state index is 0.187. The number of nitrogens with one attached hydrogen (secondary N) is 1. The van der Waals surface area contributed by atoms with E-state index in [0.717, 1.165) is 10.4 Å². The lowest BCUT2D eigenvalue weighted by Gasteiger charge is -2.04. The first-order chi connectivity index (χ1) is 9.72. The Kier molecular flexibility index (Phi) is 3.67. The summed E-state index contributed by atoms with van der Waals surface area (Å²) in [7, 11) is 0. The fourth-order valence-corrected chi connectivity index (χ4v) is 3.26. The van der Waals surface area contributed by atoms with Gasteiger partial charge in [0.1, 0.15) is 0 Å². The van der Waals surface area contributed by atoms with Crippen LogP contribution < -0.4 is 0 Å². The van der Waals surface area contributed by atoms with Crippen molar-refractivity contribution in [3.8, 4) is 17.0 Å². The van der Waals surface area contributed by atoms with E-state index in [0.29, 0.717) is 10.4 Å². The predicted octanol–water partition coefficient (Wildman–Crippen LogP) is 4.77. The van der Waals surface area contributed by atoms with Gasteiger partial charge in [0, 0.05) is 6.42 Å². The number of hydrogen-bond acceptors (Lipinski definition) is 3. The summed E-state index contributed by atoms with van der Waals surface area (Å²) < 4.78 is 0.610. The molecule has 0 radical (unpaired) electrons. The van der Waals surface area contributed by atoms with Gasteiger partial charge < -0.3 is 10.1 Å². The maximum absolute atomic E-state index is 9.71. The summed E-state index contributed by atoms with van der Waals surface area (Å²) in [6.07, 6.45) is 0.693. The monoisotopic (exact) mass is 299 g/mol. The van der Waals surface area contributed by atoms with Gasteiger partial charge in [-0.3, -0.25) is 0 Å². The summed E-state index contributed by atoms with van der Waals surface area (Å²) in [6, 6.07) is 18.7. The smallest absolute Gasteiger partial charge is 0.203 e. The Morgan fingerprint density at radius 1 is 0.950 bits per heavy atom. The number of hydrogen-bond donors (Lipinski definition) is 2. The molecule has 1 heterocycles. The maximum Gasteiger partial charge on any atom is 0.203 e. The highest BCUT2D eigenvalue weighted by Gasteiger charge is 2.06. The molecule has 0 fully saturated rings. The fraction of sp³-hybridized carbons (Fsp3) is 0.0625. The second-order valence-electron chi connectivity index (χ2n) is 4.53. The van der Waals surface area contributed by atoms with Gasteiger partial charge in [-0.1, -0.05) is 54.6 Å². The highest BCUT2D eigenvalue weighted by atomic mass is 32.1. The average Bonchev–Trinajstić information content (AvgIpc) is 2.79. The van der Waals surface area contributed by atoms with Crippen LogP contribution in [0.5, 0.6) is 5.88 Å². The molecule has 3 rings (SSSR count). The van der Waals surface area contributed by atoms with E-state index in [1.54, 1.807) is 0 Å². The third kappa shape index (κ3) is 2.81. The van der Waals surface area contributed by atoms with Crippen molar-refractivity contribution >= 4 is 23.6 Å². The van der Waals surface area contributed by atoms with Crippen LogP contribution in [0.1, 0.15) is 10.4 Å². The number of aromatic amines is 1. The van der Waals surface area contributed by atoms with Crippen molar-refractivity contribution in [3.05, 3.63) is 69.0 Å². The molecular weight excluding hydrogens is 286 g/mol. The lowest BCUT2D eigenvalue weighted by molar-refractivity contribution is 0.452. The van der Waals surface area contributed by atoms with E-state index in [1.165, 1.54) is 22.5 Å². The fourth-order valence-electron chi connectivity index (χ4n) is 2.10. The summed E-state index contributed by atoms with van der Waals surface area (Å²) in [5, 5.41) is 9.71. The van der Waals surface area contributed by atoms with E-state index in [9.17, 15) is 5.11 Å². The Morgan fingerprint density at radius 2 is 1.60 bits per heavy atom. The zero-order chi connectivity index (χ0) is 13.9. The van der Waals surface area contributed by atoms with Gasteiger partial charge in [-0.25, -0.2) is 0 Å². The molecule has 0 aliphatic rings. The van der Waals surface area contributed by atoms with Gasteiger partial charge in [-0.15, -0.1) is 11.3 Å². The van der Waals surface area contributed by atoms with Gasteiger partial charge in [0.05, 0.1) is 4.88 Å². The number of aromatic nitrogens is 1. The van der Waals surface area contributed by atoms with Crippen LogP contribution in [0, 0.1) is 3.95 Å². The largest absolute Gasteiger partial charge is 0.494 e. The Morgan fingerprint density at radius 3 is 2.20 bits per heavy atom. The van der Waals surface area contributed by atoms with Crippen molar-refractivity contribution in [2.75, 3.05) is 0 Å². The molecule has 0 unspecified atom stereocenters. The molecule has 2 aromatic carbocycles. The standard InChI is InChI=1S/C16H13NOS2/c18-15-14(20-16(19)17-15)10-11-6-8-13(9-7-11)12-4-2-1-3-5-12/h1-9,18H,10H2,(H,17,19). The summed E-state index contributed by atoms with van der Waals surface area (Å²) in [5.74, 6) is 0.187. The molecule has 4 heteroatoms. The Bertz CT molecular complexity index is 757. The highest BCUT2D eigenvalue weighted by molar-refractivity contribution is 7.73. The molecule has 2 N–H and O–H groups in total. The normalized spacial score (nSPS) is 10.6. The zero-order valence-electron chi connectivity index (χ0n) is 10.7. The molecule has 3 aromatic rings. The SMILES string of the molecule is Oc1[nH]c(=S)sc1Cc1ccc(-c2ccccc2)cc1. The molecule has 0 atom stereocenters. The molecule has 100 valence electrons. The lowest BCUT2D eigenvalue weighted by Crippen LogP contribution is -1.86. The van der Waals surface area contributed by atoms with Gasteiger partial charge in [0.2, 0.25) is 5.88 Å². The summed E-state index contributed by atoms with van der Waals surface area (Å²) in [5.41, 5.74) is 3.56. The van der Waals surface area contributed by atoms with Crippen molar-refractivity contribution in [1.29, 1.82) is 0 Å². The van der Waals surface area contributed by atoms with E-state index >= 15 is 0 Å². The van der Waals surface area contributed by atoms with Crippen LogP contribution in [0.3, 0.4) is 0 Å². The first-order valence-electron chi connectivity index (χ1n) is 6.28. The molecule has 0 saturated carbocycles. The van der Waals surface area contributed by atoms with Crippen LogP contribution in [0.15, 0.2) is 54.6 Å². The van der Waals surface area contributed by atoms with Crippen LogP contribution in [0.4, 0.5) is 0 Å². The number of rotatable bonds is 3. The van der Waals surface area contributed by atoms with Crippen LogP contribution in [0.25, 0.3) is 11.1 Å². The molecule has 0 bridgehead atoms. The van der Waals surface area contributed by atoms with Crippen molar-refractivity contribution < 1.29 is 5.11 Å². The third-order valence-corrected chi connectivity index (χ3v) is 4.35. The summed E-state index contributed by atoms with van der Waals surface area (Å²) in [4.78, 5) is 3.63. The second-order valence-corrected chi connectivity index (χ2v) is 6.30. The lowest BCUT2D eigenvalue weighted by atomic mass is 10.0. The van der Waals surface area contributed by atoms with E-state index in [2.05, 4.69) is 41.4 Å². The first-order valence-corrected chi connectivity index (χ1v) is 7.50. The molecule has 0 spiro atoms. The zero-order valence-corrected chi connectivity index (χ0v) is 12.3. The second kappa shape index (κ2) is 5.61. The van der Waals surface area contributed by atoms with Crippen molar-refractivity contribution in [2.24, 2.45) is 0 Å². The van der Waals surface area contributed by atoms with Gasteiger partial charge >= 0.3 is 0 Å². The molecule has 2 nitrogen and oxygen atoms in total. The minimum absolute atomic E-state index is 0.187. The van der Waals surface area contributed by atoms with Crippen molar-refractivity contribution in [2.45, 2.75) is 6.42 Å². The van der Waals surface area contributed by atoms with Crippen molar-refractivity contribution in [1.82, 2.24) is 4.98 Å². The minimum Gasteiger partial charge on any atom is -0.494 e. The van der Waals surface area contributed by atoms with Gasteiger partial charge in [0.15, 0.2) is 3.95 Å². The van der Waals surface area contributed by atoms with Crippen LogP contribution in [-0.2, 0) is 6.42 Å². The summed E-state index contributed by atoms with van der Waals surface area (Å²) in [6.45, 7) is 0. The van der Waals surface area contributed by atoms with Crippen molar-refractivity contribution in [3.63, 3.8) is 0 Å². The Hall–Kier alpha value is -1.91. The Labute approximate surface area is 126 Å². The maximum atomic E-state index is 9.71. The predicted molar refractivity (Wildman–Crippen MR) is 85.9 cm³/mol. The third-order valence-electron chi connectivity index (χ3n) is 3.13. The quantitative estimate of drug-likeness (QED) is 0.683. The molecule has 0 aliphatic carbocycles. The number of aromatic hydroxyl groups is 1. The molecule has 0 aliphatic heterocycles. The van der Waals surface area contributed by atoms with E-state index < -0.39 is 0 Å². The van der Waals surface area contributed by atoms with Crippen LogP contribution >= 0.6 is 23.6 Å². The number of benzene rings is 2. The highest BCUT2D eigenvalue weighted by Crippen LogP contribution is 2.26. The molecule has 0 saturated heterocycles. The number of thiazole rings is 1. The van der Waals surface area contributed by atoms with Gasteiger partial charge in [-0.05, 0) is 28.9 Å². The molecule has 1 aromatic heterocycles.